The van der Waals surface area contributed by atoms with Crippen LogP contribution in [0.15, 0.2) is 47.0 Å². The van der Waals surface area contributed by atoms with Gasteiger partial charge in [-0.2, -0.15) is 4.98 Å². The van der Waals surface area contributed by atoms with Gasteiger partial charge in [-0.1, -0.05) is 41.6 Å². The normalized spacial score (nSPS) is 13.1. The van der Waals surface area contributed by atoms with Gasteiger partial charge in [-0.25, -0.2) is 0 Å². The van der Waals surface area contributed by atoms with Crippen LogP contribution >= 0.6 is 0 Å². The molecule has 0 spiro atoms. The number of carboxylic acids is 1. The van der Waals surface area contributed by atoms with Crippen LogP contribution in [0.4, 0.5) is 5.69 Å². The van der Waals surface area contributed by atoms with Crippen molar-refractivity contribution in [3.63, 3.8) is 0 Å². The SMILES string of the molecule is Cc1nc(-c2ccc(C)c(N(CC(=O)O)CC(=O)N(C)C3Cc4ccccc4C3)c2)no1. The van der Waals surface area contributed by atoms with Crippen LogP contribution < -0.4 is 4.90 Å². The van der Waals surface area contributed by atoms with Crippen molar-refractivity contribution in [1.29, 1.82) is 0 Å². The number of carbonyl (C=O) groups is 2. The van der Waals surface area contributed by atoms with Crippen LogP contribution in [0.3, 0.4) is 0 Å². The molecule has 166 valence electrons. The van der Waals surface area contributed by atoms with E-state index in [4.69, 9.17) is 4.52 Å². The first-order chi connectivity index (χ1) is 15.3. The zero-order valence-corrected chi connectivity index (χ0v) is 18.4. The van der Waals surface area contributed by atoms with Crippen molar-refractivity contribution in [2.75, 3.05) is 25.0 Å². The van der Waals surface area contributed by atoms with Crippen molar-refractivity contribution in [2.45, 2.75) is 32.7 Å². The zero-order chi connectivity index (χ0) is 22.8. The number of hydrogen-bond acceptors (Lipinski definition) is 6. The highest BCUT2D eigenvalue weighted by Crippen LogP contribution is 2.28. The number of fused-ring (bicyclic) bond motifs is 1. The molecule has 0 saturated carbocycles. The summed E-state index contributed by atoms with van der Waals surface area (Å²) in [6.45, 7) is 3.26. The molecule has 2 aromatic carbocycles. The van der Waals surface area contributed by atoms with Crippen LogP contribution in [-0.4, -0.2) is 58.2 Å². The van der Waals surface area contributed by atoms with E-state index in [1.807, 2.05) is 31.2 Å². The van der Waals surface area contributed by atoms with Gasteiger partial charge in [0.05, 0.1) is 6.54 Å². The number of hydrogen-bond donors (Lipinski definition) is 1. The topological polar surface area (TPSA) is 99.8 Å². The van der Waals surface area contributed by atoms with E-state index in [0.29, 0.717) is 23.0 Å². The number of amides is 1. The van der Waals surface area contributed by atoms with Crippen molar-refractivity contribution < 1.29 is 19.2 Å². The maximum absolute atomic E-state index is 13.2. The average Bonchev–Trinajstić information content (AvgIpc) is 3.39. The lowest BCUT2D eigenvalue weighted by Crippen LogP contribution is -2.45. The monoisotopic (exact) mass is 434 g/mol. The molecule has 0 radical (unpaired) electrons. The highest BCUT2D eigenvalue weighted by atomic mass is 16.5. The predicted molar refractivity (Wildman–Crippen MR) is 119 cm³/mol. The fourth-order valence-corrected chi connectivity index (χ4v) is 4.18. The number of anilines is 1. The Kier molecular flexibility index (Phi) is 5.94. The quantitative estimate of drug-likeness (QED) is 0.610. The van der Waals surface area contributed by atoms with Crippen LogP contribution in [0.1, 0.15) is 22.6 Å². The first-order valence-electron chi connectivity index (χ1n) is 10.5. The summed E-state index contributed by atoms with van der Waals surface area (Å²) in [7, 11) is 1.79. The van der Waals surface area contributed by atoms with Crippen molar-refractivity contribution in [1.82, 2.24) is 15.0 Å². The molecule has 1 heterocycles. The number of aliphatic carboxylic acids is 1. The maximum atomic E-state index is 13.2. The van der Waals surface area contributed by atoms with E-state index in [-0.39, 0.29) is 25.0 Å². The molecule has 0 atom stereocenters. The first-order valence-corrected chi connectivity index (χ1v) is 10.5. The van der Waals surface area contributed by atoms with Gasteiger partial charge in [-0.15, -0.1) is 0 Å². The minimum Gasteiger partial charge on any atom is -0.480 e. The van der Waals surface area contributed by atoms with Crippen LogP contribution in [0.25, 0.3) is 11.4 Å². The van der Waals surface area contributed by atoms with Crippen LogP contribution in [-0.2, 0) is 22.4 Å². The second kappa shape index (κ2) is 8.82. The van der Waals surface area contributed by atoms with Gasteiger partial charge in [-0.05, 0) is 42.5 Å². The molecular formula is C24H26N4O4. The number of carbonyl (C=O) groups excluding carboxylic acids is 1. The smallest absolute Gasteiger partial charge is 0.323 e. The van der Waals surface area contributed by atoms with Gasteiger partial charge in [0.15, 0.2) is 0 Å². The van der Waals surface area contributed by atoms with Gasteiger partial charge < -0.3 is 19.4 Å². The molecule has 0 bridgehead atoms. The van der Waals surface area contributed by atoms with Crippen LogP contribution in [0, 0.1) is 13.8 Å². The summed E-state index contributed by atoms with van der Waals surface area (Å²) < 4.78 is 5.06. The minimum atomic E-state index is -1.01. The fraction of sp³-hybridized carbons (Fsp3) is 0.333. The summed E-state index contributed by atoms with van der Waals surface area (Å²) >= 11 is 0. The summed E-state index contributed by atoms with van der Waals surface area (Å²) in [5.74, 6) is -0.261. The summed E-state index contributed by atoms with van der Waals surface area (Å²) in [5.41, 5.74) is 4.74. The molecule has 1 aliphatic rings. The summed E-state index contributed by atoms with van der Waals surface area (Å²) in [4.78, 5) is 32.4. The molecule has 32 heavy (non-hydrogen) atoms. The van der Waals surface area contributed by atoms with Gasteiger partial charge in [0.2, 0.25) is 17.6 Å². The molecule has 8 nitrogen and oxygen atoms in total. The van der Waals surface area contributed by atoms with Crippen molar-refractivity contribution in [3.8, 4) is 11.4 Å². The molecular weight excluding hydrogens is 408 g/mol. The predicted octanol–water partition coefficient (Wildman–Crippen LogP) is 2.87. The first kappa shape index (κ1) is 21.5. The van der Waals surface area contributed by atoms with Gasteiger partial charge in [0.25, 0.3) is 0 Å². The van der Waals surface area contributed by atoms with Crippen LogP contribution in [0.5, 0.6) is 0 Å². The van der Waals surface area contributed by atoms with E-state index in [9.17, 15) is 14.7 Å². The van der Waals surface area contributed by atoms with E-state index in [2.05, 4.69) is 22.3 Å². The highest BCUT2D eigenvalue weighted by Gasteiger charge is 2.29. The second-order valence-electron chi connectivity index (χ2n) is 8.22. The number of aryl methyl sites for hydroxylation is 2. The number of aromatic nitrogens is 2. The molecule has 1 aromatic heterocycles. The Hall–Kier alpha value is -3.68. The van der Waals surface area contributed by atoms with E-state index in [1.54, 1.807) is 29.8 Å². The molecule has 8 heteroatoms. The molecule has 0 aliphatic heterocycles. The fourth-order valence-electron chi connectivity index (χ4n) is 4.18. The third-order valence-corrected chi connectivity index (χ3v) is 5.96. The van der Waals surface area contributed by atoms with Gasteiger partial charge >= 0.3 is 5.97 Å². The van der Waals surface area contributed by atoms with E-state index in [0.717, 1.165) is 18.4 Å². The Bertz CT molecular complexity index is 1130. The third-order valence-electron chi connectivity index (χ3n) is 5.96. The molecule has 3 aromatic rings. The summed E-state index contributed by atoms with van der Waals surface area (Å²) in [6, 6.07) is 13.8. The van der Waals surface area contributed by atoms with Gasteiger partial charge in [0.1, 0.15) is 6.54 Å². The minimum absolute atomic E-state index is 0.0365. The lowest BCUT2D eigenvalue weighted by atomic mass is 10.1. The second-order valence-corrected chi connectivity index (χ2v) is 8.22. The maximum Gasteiger partial charge on any atom is 0.323 e. The number of rotatable bonds is 7. The third kappa shape index (κ3) is 4.49. The molecule has 0 unspecified atom stereocenters. The van der Waals surface area contributed by atoms with E-state index in [1.165, 1.54) is 11.1 Å². The van der Waals surface area contributed by atoms with Crippen molar-refractivity contribution in [2.24, 2.45) is 0 Å². The van der Waals surface area contributed by atoms with Gasteiger partial charge in [0, 0.05) is 31.3 Å². The standard InChI is InChI=1S/C24H26N4O4/c1-15-8-9-19(24-25-16(2)32-26-24)12-21(15)28(14-23(30)31)13-22(29)27(3)20-10-17-6-4-5-7-18(17)11-20/h4-9,12,20H,10-11,13-14H2,1-3H3,(H,30,31). The average molecular weight is 434 g/mol. The lowest BCUT2D eigenvalue weighted by molar-refractivity contribution is -0.135. The molecule has 4 rings (SSSR count). The van der Waals surface area contributed by atoms with E-state index < -0.39 is 5.97 Å². The van der Waals surface area contributed by atoms with E-state index >= 15 is 0 Å². The van der Waals surface area contributed by atoms with Crippen molar-refractivity contribution >= 4 is 17.6 Å². The molecule has 0 fully saturated rings. The number of nitrogens with zero attached hydrogens (tertiary/aromatic N) is 4. The summed E-state index contributed by atoms with van der Waals surface area (Å²) in [6.07, 6.45) is 1.62. The molecule has 0 saturated heterocycles. The Balaban J connectivity index is 1.55. The Morgan fingerprint density at radius 3 is 2.38 bits per heavy atom. The number of likely N-dealkylation sites (N-methyl/N-ethyl adjacent to an activating group) is 1. The number of benzene rings is 2. The van der Waals surface area contributed by atoms with Crippen molar-refractivity contribution in [3.05, 3.63) is 65.0 Å². The molecule has 1 aliphatic carbocycles. The molecule has 1 amide bonds. The Labute approximate surface area is 186 Å². The Morgan fingerprint density at radius 2 is 1.78 bits per heavy atom. The highest BCUT2D eigenvalue weighted by molar-refractivity contribution is 5.85. The summed E-state index contributed by atoms with van der Waals surface area (Å²) in [5, 5.41) is 13.4. The Morgan fingerprint density at radius 1 is 1.09 bits per heavy atom. The lowest BCUT2D eigenvalue weighted by Gasteiger charge is -2.30. The zero-order valence-electron chi connectivity index (χ0n) is 18.4. The largest absolute Gasteiger partial charge is 0.480 e. The van der Waals surface area contributed by atoms with Gasteiger partial charge in [-0.3, -0.25) is 9.59 Å². The molecule has 1 N–H and O–H groups in total. The van der Waals surface area contributed by atoms with Crippen LogP contribution in [0.2, 0.25) is 0 Å². The number of carboxylic acid groups (broad SMARTS) is 1.